The minimum absolute atomic E-state index is 0.151. The number of carbonyl (C=O) groups is 2. The van der Waals surface area contributed by atoms with Gasteiger partial charge in [-0.2, -0.15) is 0 Å². The van der Waals surface area contributed by atoms with Crippen LogP contribution in [0.5, 0.6) is 0 Å². The van der Waals surface area contributed by atoms with Crippen LogP contribution in [0.4, 0.5) is 10.1 Å². The molecule has 0 heterocycles. The van der Waals surface area contributed by atoms with Crippen molar-refractivity contribution in [3.63, 3.8) is 0 Å². The highest BCUT2D eigenvalue weighted by atomic mass is 19.1. The Morgan fingerprint density at radius 3 is 2.71 bits per heavy atom. The van der Waals surface area contributed by atoms with Gasteiger partial charge in [-0.05, 0) is 43.5 Å². The summed E-state index contributed by atoms with van der Waals surface area (Å²) in [5, 5.41) is 11.6. The van der Waals surface area contributed by atoms with E-state index in [2.05, 4.69) is 5.32 Å². The third-order valence-electron chi connectivity index (χ3n) is 4.01. The average Bonchev–Trinajstić information content (AvgIpc) is 2.48. The number of carboxylic acid groups (broad SMARTS) is 1. The van der Waals surface area contributed by atoms with Crippen LogP contribution in [0.25, 0.3) is 0 Å². The zero-order valence-corrected chi connectivity index (χ0v) is 11.6. The van der Waals surface area contributed by atoms with Gasteiger partial charge in [-0.15, -0.1) is 0 Å². The van der Waals surface area contributed by atoms with Crippen molar-refractivity contribution in [2.24, 2.45) is 17.6 Å². The van der Waals surface area contributed by atoms with Crippen molar-refractivity contribution in [1.29, 1.82) is 0 Å². The van der Waals surface area contributed by atoms with Gasteiger partial charge in [-0.3, -0.25) is 4.79 Å². The highest BCUT2D eigenvalue weighted by Crippen LogP contribution is 2.30. The van der Waals surface area contributed by atoms with E-state index in [-0.39, 0.29) is 17.7 Å². The molecule has 2 atom stereocenters. The van der Waals surface area contributed by atoms with Crippen LogP contribution in [0.3, 0.4) is 0 Å². The topological polar surface area (TPSA) is 92.4 Å². The molecule has 1 amide bonds. The molecular weight excluding hydrogens is 275 g/mol. The monoisotopic (exact) mass is 294 g/mol. The van der Waals surface area contributed by atoms with Crippen molar-refractivity contribution in [1.82, 2.24) is 0 Å². The van der Waals surface area contributed by atoms with Crippen LogP contribution in [-0.2, 0) is 4.79 Å². The number of halogens is 1. The largest absolute Gasteiger partial charge is 0.478 e. The Labute approximate surface area is 122 Å². The van der Waals surface area contributed by atoms with Crippen molar-refractivity contribution in [2.75, 3.05) is 11.9 Å². The number of hydrogen-bond donors (Lipinski definition) is 3. The molecule has 1 aromatic rings. The first-order valence-electron chi connectivity index (χ1n) is 7.06. The quantitative estimate of drug-likeness (QED) is 0.794. The fourth-order valence-electron chi connectivity index (χ4n) is 2.84. The molecule has 1 fully saturated rings. The molecule has 1 aromatic carbocycles. The van der Waals surface area contributed by atoms with Crippen LogP contribution in [0.15, 0.2) is 18.2 Å². The number of carboxylic acids is 1. The number of amides is 1. The predicted octanol–water partition coefficient (Wildman–Crippen LogP) is 2.23. The molecule has 0 aliphatic heterocycles. The Bertz CT molecular complexity index is 548. The summed E-state index contributed by atoms with van der Waals surface area (Å²) in [4.78, 5) is 23.2. The van der Waals surface area contributed by atoms with E-state index in [9.17, 15) is 14.0 Å². The lowest BCUT2D eigenvalue weighted by molar-refractivity contribution is -0.122. The van der Waals surface area contributed by atoms with E-state index in [0.29, 0.717) is 12.2 Å². The molecule has 5 nitrogen and oxygen atoms in total. The van der Waals surface area contributed by atoms with E-state index in [0.717, 1.165) is 37.8 Å². The third kappa shape index (κ3) is 3.58. The number of aromatic carboxylic acids is 1. The van der Waals surface area contributed by atoms with Gasteiger partial charge in [-0.25, -0.2) is 9.18 Å². The van der Waals surface area contributed by atoms with Crippen molar-refractivity contribution in [3.8, 4) is 0 Å². The summed E-state index contributed by atoms with van der Waals surface area (Å²) in [7, 11) is 0. The minimum atomic E-state index is -1.36. The number of hydrogen-bond acceptors (Lipinski definition) is 3. The Morgan fingerprint density at radius 1 is 1.33 bits per heavy atom. The lowest BCUT2D eigenvalue weighted by Gasteiger charge is -2.29. The summed E-state index contributed by atoms with van der Waals surface area (Å²) in [6.45, 7) is 0.460. The van der Waals surface area contributed by atoms with Crippen LogP contribution in [0.1, 0.15) is 36.0 Å². The second-order valence-electron chi connectivity index (χ2n) is 5.38. The van der Waals surface area contributed by atoms with E-state index in [1.807, 2.05) is 0 Å². The fraction of sp³-hybridized carbons (Fsp3) is 0.467. The van der Waals surface area contributed by atoms with Crippen LogP contribution in [-0.4, -0.2) is 23.5 Å². The van der Waals surface area contributed by atoms with E-state index in [1.54, 1.807) is 0 Å². The van der Waals surface area contributed by atoms with E-state index < -0.39 is 17.3 Å². The van der Waals surface area contributed by atoms with Crippen molar-refractivity contribution in [3.05, 3.63) is 29.6 Å². The van der Waals surface area contributed by atoms with E-state index in [4.69, 9.17) is 10.8 Å². The van der Waals surface area contributed by atoms with Gasteiger partial charge in [0.1, 0.15) is 5.82 Å². The molecule has 1 aliphatic rings. The maximum Gasteiger partial charge on any atom is 0.338 e. The molecule has 1 aliphatic carbocycles. The number of rotatable bonds is 4. The van der Waals surface area contributed by atoms with E-state index in [1.165, 1.54) is 6.07 Å². The van der Waals surface area contributed by atoms with E-state index >= 15 is 0 Å². The first-order valence-corrected chi connectivity index (χ1v) is 7.06. The molecule has 6 heteroatoms. The Balaban J connectivity index is 2.12. The molecule has 0 radical (unpaired) electrons. The Kier molecular flexibility index (Phi) is 4.90. The minimum Gasteiger partial charge on any atom is -0.478 e. The van der Waals surface area contributed by atoms with Crippen LogP contribution in [0.2, 0.25) is 0 Å². The lowest BCUT2D eigenvalue weighted by Crippen LogP contribution is -2.35. The lowest BCUT2D eigenvalue weighted by atomic mass is 9.78. The van der Waals surface area contributed by atoms with Crippen LogP contribution in [0, 0.1) is 17.7 Å². The Morgan fingerprint density at radius 2 is 2.05 bits per heavy atom. The smallest absolute Gasteiger partial charge is 0.338 e. The average molecular weight is 294 g/mol. The maximum atomic E-state index is 13.3. The molecular formula is C15H19FN2O3. The standard InChI is InChI=1S/C15H19FN2O3/c16-13-6-5-10(7-12(13)15(20)21)18-14(19)11-4-2-1-3-9(11)8-17/h5-7,9,11H,1-4,8,17H2,(H,18,19)(H,20,21). The first kappa shape index (κ1) is 15.4. The van der Waals surface area contributed by atoms with Crippen LogP contribution < -0.4 is 11.1 Å². The van der Waals surface area contributed by atoms with Gasteiger partial charge in [0.05, 0.1) is 5.56 Å². The number of benzene rings is 1. The number of nitrogens with one attached hydrogen (secondary N) is 1. The molecule has 0 bridgehead atoms. The van der Waals surface area contributed by atoms with Crippen molar-refractivity contribution in [2.45, 2.75) is 25.7 Å². The first-order chi connectivity index (χ1) is 10.0. The highest BCUT2D eigenvalue weighted by Gasteiger charge is 2.30. The summed E-state index contributed by atoms with van der Waals surface area (Å²) in [5.41, 5.74) is 5.54. The summed E-state index contributed by atoms with van der Waals surface area (Å²) < 4.78 is 13.3. The second-order valence-corrected chi connectivity index (χ2v) is 5.38. The second kappa shape index (κ2) is 6.67. The van der Waals surface area contributed by atoms with Gasteiger partial charge in [0.2, 0.25) is 5.91 Å². The zero-order chi connectivity index (χ0) is 15.4. The van der Waals surface area contributed by atoms with Crippen LogP contribution >= 0.6 is 0 Å². The van der Waals surface area contributed by atoms with Gasteiger partial charge < -0.3 is 16.2 Å². The van der Waals surface area contributed by atoms with Gasteiger partial charge in [0.15, 0.2) is 0 Å². The Hall–Kier alpha value is -1.95. The zero-order valence-electron chi connectivity index (χ0n) is 11.6. The molecule has 4 N–H and O–H groups in total. The molecule has 1 saturated carbocycles. The molecule has 2 unspecified atom stereocenters. The van der Waals surface area contributed by atoms with Crippen molar-refractivity contribution < 1.29 is 19.1 Å². The SMILES string of the molecule is NCC1CCCCC1C(=O)Nc1ccc(F)c(C(=O)O)c1. The molecule has 0 saturated heterocycles. The molecule has 0 aromatic heterocycles. The molecule has 114 valence electrons. The third-order valence-corrected chi connectivity index (χ3v) is 4.01. The molecule has 2 rings (SSSR count). The molecule has 21 heavy (non-hydrogen) atoms. The fourth-order valence-corrected chi connectivity index (χ4v) is 2.84. The summed E-state index contributed by atoms with van der Waals surface area (Å²) in [5.74, 6) is -2.37. The van der Waals surface area contributed by atoms with Gasteiger partial charge in [-0.1, -0.05) is 12.8 Å². The number of carbonyl (C=O) groups excluding carboxylic acids is 1. The number of anilines is 1. The highest BCUT2D eigenvalue weighted by molar-refractivity contribution is 5.95. The van der Waals surface area contributed by atoms with Gasteiger partial charge in [0.25, 0.3) is 0 Å². The summed E-state index contributed by atoms with van der Waals surface area (Å²) >= 11 is 0. The maximum absolute atomic E-state index is 13.3. The van der Waals surface area contributed by atoms with Gasteiger partial charge in [0, 0.05) is 11.6 Å². The van der Waals surface area contributed by atoms with Crippen molar-refractivity contribution >= 4 is 17.6 Å². The normalized spacial score (nSPS) is 21.8. The summed E-state index contributed by atoms with van der Waals surface area (Å²) in [6.07, 6.45) is 3.77. The van der Waals surface area contributed by atoms with Gasteiger partial charge >= 0.3 is 5.97 Å². The number of nitrogens with two attached hydrogens (primary N) is 1. The molecule has 0 spiro atoms. The summed E-state index contributed by atoms with van der Waals surface area (Å²) in [6, 6.07) is 3.54. The predicted molar refractivity (Wildman–Crippen MR) is 76.5 cm³/mol.